The van der Waals surface area contributed by atoms with Gasteiger partial charge in [0.05, 0.1) is 12.4 Å². The molecule has 1 aromatic rings. The second-order valence-corrected chi connectivity index (χ2v) is 4.52. The molecule has 0 aromatic carbocycles. The van der Waals surface area contributed by atoms with Crippen LogP contribution in [0.25, 0.3) is 0 Å². The number of likely N-dealkylation sites (N-methyl/N-ethyl adjacent to an activating group) is 1. The molecule has 0 aliphatic heterocycles. The predicted molar refractivity (Wildman–Crippen MR) is 70.6 cm³/mol. The van der Waals surface area contributed by atoms with Gasteiger partial charge in [0.25, 0.3) is 5.91 Å². The van der Waals surface area contributed by atoms with Crippen molar-refractivity contribution >= 4 is 5.91 Å². The second kappa shape index (κ2) is 6.42. The predicted octanol–water partition coefficient (Wildman–Crippen LogP) is 2.10. The molecule has 102 valence electrons. The molecule has 1 heterocycles. The number of hydrogen-bond donors (Lipinski definition) is 0. The number of nitrogens with zero attached hydrogens (tertiary/aromatic N) is 3. The van der Waals surface area contributed by atoms with Crippen LogP contribution in [0.2, 0.25) is 0 Å². The first-order valence-corrected chi connectivity index (χ1v) is 6.49. The fraction of sp³-hybridized carbons (Fsp3) is 0.692. The molecule has 0 spiro atoms. The first-order valence-electron chi connectivity index (χ1n) is 6.49. The molecular formula is C13H23N3O2. The monoisotopic (exact) mass is 253 g/mol. The Morgan fingerprint density at radius 3 is 2.44 bits per heavy atom. The number of aromatic nitrogens is 2. The minimum Gasteiger partial charge on any atom is -0.478 e. The SMILES string of the molecule is CCN(CC)C(=O)C(C)Oc1cnn(C(C)C)c1. The maximum Gasteiger partial charge on any atom is 0.263 e. The van der Waals surface area contributed by atoms with Gasteiger partial charge in [-0.25, -0.2) is 0 Å². The molecule has 5 heteroatoms. The van der Waals surface area contributed by atoms with Gasteiger partial charge in [-0.2, -0.15) is 5.10 Å². The van der Waals surface area contributed by atoms with Gasteiger partial charge < -0.3 is 9.64 Å². The van der Waals surface area contributed by atoms with E-state index in [1.54, 1.807) is 18.0 Å². The van der Waals surface area contributed by atoms with Crippen LogP contribution < -0.4 is 4.74 Å². The Labute approximate surface area is 109 Å². The molecule has 18 heavy (non-hydrogen) atoms. The van der Waals surface area contributed by atoms with Crippen molar-refractivity contribution in [1.82, 2.24) is 14.7 Å². The van der Waals surface area contributed by atoms with Crippen molar-refractivity contribution in [3.8, 4) is 5.75 Å². The highest BCUT2D eigenvalue weighted by Crippen LogP contribution is 2.14. The highest BCUT2D eigenvalue weighted by molar-refractivity contribution is 5.80. The average Bonchev–Trinajstić information content (AvgIpc) is 2.79. The summed E-state index contributed by atoms with van der Waals surface area (Å²) >= 11 is 0. The molecule has 0 N–H and O–H groups in total. The lowest BCUT2D eigenvalue weighted by molar-refractivity contribution is -0.137. The number of carbonyl (C=O) groups is 1. The Balaban J connectivity index is 2.63. The zero-order valence-electron chi connectivity index (χ0n) is 11.9. The molecule has 1 aromatic heterocycles. The maximum atomic E-state index is 12.0. The molecule has 0 fully saturated rings. The Morgan fingerprint density at radius 2 is 2.00 bits per heavy atom. The highest BCUT2D eigenvalue weighted by atomic mass is 16.5. The number of carbonyl (C=O) groups excluding carboxylic acids is 1. The fourth-order valence-corrected chi connectivity index (χ4v) is 1.71. The quantitative estimate of drug-likeness (QED) is 0.780. The normalized spacial score (nSPS) is 12.6. The highest BCUT2D eigenvalue weighted by Gasteiger charge is 2.20. The Kier molecular flexibility index (Phi) is 5.19. The van der Waals surface area contributed by atoms with Gasteiger partial charge in [-0.15, -0.1) is 0 Å². The zero-order chi connectivity index (χ0) is 13.7. The Bertz CT molecular complexity index is 383. The van der Waals surface area contributed by atoms with Crippen LogP contribution in [-0.2, 0) is 4.79 Å². The maximum absolute atomic E-state index is 12.0. The zero-order valence-corrected chi connectivity index (χ0v) is 11.9. The smallest absolute Gasteiger partial charge is 0.263 e. The first-order chi connectivity index (χ1) is 8.49. The molecule has 1 unspecified atom stereocenters. The molecule has 5 nitrogen and oxygen atoms in total. The van der Waals surface area contributed by atoms with Crippen LogP contribution in [0.3, 0.4) is 0 Å². The molecule has 0 aliphatic rings. The largest absolute Gasteiger partial charge is 0.478 e. The van der Waals surface area contributed by atoms with E-state index < -0.39 is 6.10 Å². The lowest BCUT2D eigenvalue weighted by Crippen LogP contribution is -2.40. The van der Waals surface area contributed by atoms with Crippen LogP contribution in [0.15, 0.2) is 12.4 Å². The van der Waals surface area contributed by atoms with Crippen molar-refractivity contribution in [3.05, 3.63) is 12.4 Å². The van der Waals surface area contributed by atoms with E-state index in [9.17, 15) is 4.79 Å². The van der Waals surface area contributed by atoms with Crippen molar-refractivity contribution in [2.24, 2.45) is 0 Å². The number of amides is 1. The van der Waals surface area contributed by atoms with Crippen LogP contribution in [-0.4, -0.2) is 39.8 Å². The van der Waals surface area contributed by atoms with Gasteiger partial charge in [0.2, 0.25) is 0 Å². The fourth-order valence-electron chi connectivity index (χ4n) is 1.71. The summed E-state index contributed by atoms with van der Waals surface area (Å²) in [5.74, 6) is 0.647. The summed E-state index contributed by atoms with van der Waals surface area (Å²) in [5, 5.41) is 4.18. The molecule has 0 bridgehead atoms. The van der Waals surface area contributed by atoms with Crippen LogP contribution in [0.1, 0.15) is 40.7 Å². The third kappa shape index (κ3) is 3.48. The Hall–Kier alpha value is -1.52. The number of hydrogen-bond acceptors (Lipinski definition) is 3. The van der Waals surface area contributed by atoms with Crippen molar-refractivity contribution in [1.29, 1.82) is 0 Å². The molecule has 1 amide bonds. The van der Waals surface area contributed by atoms with Gasteiger partial charge in [-0.1, -0.05) is 0 Å². The molecule has 0 saturated heterocycles. The molecule has 0 saturated carbocycles. The van der Waals surface area contributed by atoms with E-state index in [0.717, 1.165) is 0 Å². The molecule has 0 radical (unpaired) electrons. The van der Waals surface area contributed by atoms with Gasteiger partial charge in [0.15, 0.2) is 11.9 Å². The number of ether oxygens (including phenoxy) is 1. The number of rotatable bonds is 6. The third-order valence-corrected chi connectivity index (χ3v) is 2.84. The van der Waals surface area contributed by atoms with E-state index in [1.807, 2.05) is 38.6 Å². The van der Waals surface area contributed by atoms with Crippen LogP contribution in [0.4, 0.5) is 0 Å². The van der Waals surface area contributed by atoms with Crippen molar-refractivity contribution in [2.75, 3.05) is 13.1 Å². The minimum absolute atomic E-state index is 0.0114. The summed E-state index contributed by atoms with van der Waals surface area (Å²) < 4.78 is 7.43. The van der Waals surface area contributed by atoms with Gasteiger partial charge >= 0.3 is 0 Å². The standard InChI is InChI=1S/C13H23N3O2/c1-6-15(7-2)13(17)11(5)18-12-8-14-16(9-12)10(3)4/h8-11H,6-7H2,1-5H3. The van der Waals surface area contributed by atoms with Crippen LogP contribution >= 0.6 is 0 Å². The summed E-state index contributed by atoms with van der Waals surface area (Å²) in [6.45, 7) is 11.2. The lowest BCUT2D eigenvalue weighted by Gasteiger charge is -2.22. The van der Waals surface area contributed by atoms with Crippen molar-refractivity contribution in [3.63, 3.8) is 0 Å². The average molecular weight is 253 g/mol. The van der Waals surface area contributed by atoms with Gasteiger partial charge in [-0.05, 0) is 34.6 Å². The van der Waals surface area contributed by atoms with E-state index in [-0.39, 0.29) is 11.9 Å². The van der Waals surface area contributed by atoms with E-state index in [0.29, 0.717) is 18.8 Å². The summed E-state index contributed by atoms with van der Waals surface area (Å²) in [4.78, 5) is 13.8. The first kappa shape index (κ1) is 14.5. The van der Waals surface area contributed by atoms with E-state index in [2.05, 4.69) is 5.10 Å². The molecule has 1 rings (SSSR count). The summed E-state index contributed by atoms with van der Waals surface area (Å²) in [6.07, 6.45) is 2.98. The van der Waals surface area contributed by atoms with Gasteiger partial charge in [0.1, 0.15) is 0 Å². The molecule has 1 atom stereocenters. The van der Waals surface area contributed by atoms with Crippen LogP contribution in [0, 0.1) is 0 Å². The van der Waals surface area contributed by atoms with E-state index >= 15 is 0 Å². The van der Waals surface area contributed by atoms with E-state index in [1.165, 1.54) is 0 Å². The summed E-state index contributed by atoms with van der Waals surface area (Å²) in [6, 6.07) is 0.288. The Morgan fingerprint density at radius 1 is 1.39 bits per heavy atom. The summed E-state index contributed by atoms with van der Waals surface area (Å²) in [5.41, 5.74) is 0. The third-order valence-electron chi connectivity index (χ3n) is 2.84. The van der Waals surface area contributed by atoms with E-state index in [4.69, 9.17) is 4.74 Å². The van der Waals surface area contributed by atoms with Gasteiger partial charge in [-0.3, -0.25) is 9.48 Å². The lowest BCUT2D eigenvalue weighted by atomic mass is 10.3. The summed E-state index contributed by atoms with van der Waals surface area (Å²) in [7, 11) is 0. The van der Waals surface area contributed by atoms with Crippen molar-refractivity contribution in [2.45, 2.75) is 46.8 Å². The second-order valence-electron chi connectivity index (χ2n) is 4.52. The minimum atomic E-state index is -0.477. The topological polar surface area (TPSA) is 47.4 Å². The molecule has 0 aliphatic carbocycles. The molecular weight excluding hydrogens is 230 g/mol. The van der Waals surface area contributed by atoms with Crippen LogP contribution in [0.5, 0.6) is 5.75 Å². The van der Waals surface area contributed by atoms with Gasteiger partial charge in [0, 0.05) is 19.1 Å². The van der Waals surface area contributed by atoms with Crippen molar-refractivity contribution < 1.29 is 9.53 Å².